The highest BCUT2D eigenvalue weighted by atomic mass is 16.1. The minimum Gasteiger partial charge on any atom is -0.353 e. The second-order valence-corrected chi connectivity index (χ2v) is 6.40. The number of carbonyl (C=O) groups excluding carboxylic acids is 1. The minimum absolute atomic E-state index is 0.166. The highest BCUT2D eigenvalue weighted by Crippen LogP contribution is 2.23. The van der Waals surface area contributed by atoms with Crippen LogP contribution in [-0.4, -0.2) is 67.6 Å². The van der Waals surface area contributed by atoms with Crippen LogP contribution in [0.2, 0.25) is 0 Å². The fraction of sp³-hybridized carbons (Fsp3) is 0.929. The monoisotopic (exact) mass is 268 g/mol. The lowest BCUT2D eigenvalue weighted by molar-refractivity contribution is -0.122. The van der Waals surface area contributed by atoms with Crippen LogP contribution < -0.4 is 11.1 Å². The number of likely N-dealkylation sites (N-methyl/N-ethyl adjacent to an activating group) is 1. The molecule has 0 aromatic heterocycles. The summed E-state index contributed by atoms with van der Waals surface area (Å²) in [6.45, 7) is 4.90. The number of likely N-dealkylation sites (tertiary alicyclic amines) is 1. The molecule has 3 atom stereocenters. The van der Waals surface area contributed by atoms with E-state index in [0.29, 0.717) is 31.0 Å². The van der Waals surface area contributed by atoms with Crippen LogP contribution in [0.4, 0.5) is 0 Å². The largest absolute Gasteiger partial charge is 0.353 e. The van der Waals surface area contributed by atoms with Gasteiger partial charge in [0.15, 0.2) is 0 Å². The zero-order chi connectivity index (χ0) is 14.0. The van der Waals surface area contributed by atoms with Gasteiger partial charge < -0.3 is 16.0 Å². The summed E-state index contributed by atoms with van der Waals surface area (Å²) in [7, 11) is 4.25. The molecule has 0 radical (unpaired) electrons. The number of nitrogens with zero attached hydrogens (tertiary/aromatic N) is 2. The van der Waals surface area contributed by atoms with Crippen LogP contribution in [0.3, 0.4) is 0 Å². The first kappa shape index (κ1) is 14.8. The van der Waals surface area contributed by atoms with E-state index < -0.39 is 0 Å². The lowest BCUT2D eigenvalue weighted by Gasteiger charge is -2.27. The van der Waals surface area contributed by atoms with Gasteiger partial charge in [0.2, 0.25) is 5.91 Å². The third kappa shape index (κ3) is 3.91. The molecule has 1 aliphatic carbocycles. The van der Waals surface area contributed by atoms with Crippen LogP contribution >= 0.6 is 0 Å². The molecule has 5 nitrogen and oxygen atoms in total. The molecule has 2 aliphatic rings. The molecule has 1 aliphatic heterocycles. The Kier molecular flexibility index (Phi) is 4.81. The van der Waals surface area contributed by atoms with Gasteiger partial charge >= 0.3 is 0 Å². The fourth-order valence-corrected chi connectivity index (χ4v) is 3.05. The van der Waals surface area contributed by atoms with Crippen LogP contribution in [0.25, 0.3) is 0 Å². The van der Waals surface area contributed by atoms with Gasteiger partial charge in [0, 0.05) is 44.2 Å². The first-order chi connectivity index (χ1) is 9.01. The molecule has 110 valence electrons. The third-order valence-corrected chi connectivity index (χ3v) is 4.42. The van der Waals surface area contributed by atoms with Gasteiger partial charge in [-0.05, 0) is 32.9 Å². The van der Waals surface area contributed by atoms with E-state index in [1.54, 1.807) is 0 Å². The van der Waals surface area contributed by atoms with E-state index in [0.717, 1.165) is 25.9 Å². The summed E-state index contributed by atoms with van der Waals surface area (Å²) in [5, 5.41) is 3.06. The molecule has 2 fully saturated rings. The number of amides is 1. The summed E-state index contributed by atoms with van der Waals surface area (Å²) in [5.74, 6) is 0.800. The van der Waals surface area contributed by atoms with E-state index in [1.165, 1.54) is 0 Å². The number of carbonyl (C=O) groups is 1. The number of nitrogens with one attached hydrogen (secondary N) is 1. The van der Waals surface area contributed by atoms with Crippen molar-refractivity contribution >= 4 is 5.91 Å². The SMILES string of the molecule is CC1CN(C(CN)CC(=O)NC2CC2)CC1N(C)C. The minimum atomic E-state index is 0.166. The molecule has 0 spiro atoms. The first-order valence-corrected chi connectivity index (χ1v) is 7.41. The third-order valence-electron chi connectivity index (χ3n) is 4.42. The lowest BCUT2D eigenvalue weighted by atomic mass is 10.1. The maximum atomic E-state index is 11.9. The molecule has 1 saturated heterocycles. The van der Waals surface area contributed by atoms with Crippen molar-refractivity contribution in [2.75, 3.05) is 33.7 Å². The van der Waals surface area contributed by atoms with Crippen molar-refractivity contribution in [3.63, 3.8) is 0 Å². The summed E-state index contributed by atoms with van der Waals surface area (Å²) >= 11 is 0. The van der Waals surface area contributed by atoms with Gasteiger partial charge in [-0.1, -0.05) is 6.92 Å². The van der Waals surface area contributed by atoms with Crippen LogP contribution in [0, 0.1) is 5.92 Å². The van der Waals surface area contributed by atoms with Crippen molar-refractivity contribution in [1.29, 1.82) is 0 Å². The molecule has 3 unspecified atom stereocenters. The van der Waals surface area contributed by atoms with E-state index in [-0.39, 0.29) is 11.9 Å². The molecule has 5 heteroatoms. The standard InChI is InChI=1S/C14H28N4O/c1-10-8-18(9-13(10)17(2)3)12(7-15)6-14(19)16-11-4-5-11/h10-13H,4-9,15H2,1-3H3,(H,16,19). The summed E-state index contributed by atoms with van der Waals surface area (Å²) in [6, 6.07) is 1.20. The smallest absolute Gasteiger partial charge is 0.221 e. The number of hydrogen-bond acceptors (Lipinski definition) is 4. The summed E-state index contributed by atoms with van der Waals surface area (Å²) in [6.07, 6.45) is 2.82. The first-order valence-electron chi connectivity index (χ1n) is 7.41. The van der Waals surface area contributed by atoms with Gasteiger partial charge in [0.05, 0.1) is 0 Å². The Labute approximate surface area is 116 Å². The van der Waals surface area contributed by atoms with Gasteiger partial charge in [-0.3, -0.25) is 9.69 Å². The predicted octanol–water partition coefficient (Wildman–Crippen LogP) is -0.136. The van der Waals surface area contributed by atoms with Crippen molar-refractivity contribution in [2.45, 2.75) is 44.3 Å². The van der Waals surface area contributed by atoms with Crippen molar-refractivity contribution < 1.29 is 4.79 Å². The Morgan fingerprint density at radius 3 is 2.58 bits per heavy atom. The Morgan fingerprint density at radius 1 is 1.42 bits per heavy atom. The molecular formula is C14H28N4O. The lowest BCUT2D eigenvalue weighted by Crippen LogP contribution is -2.44. The van der Waals surface area contributed by atoms with Crippen molar-refractivity contribution in [1.82, 2.24) is 15.1 Å². The zero-order valence-electron chi connectivity index (χ0n) is 12.4. The van der Waals surface area contributed by atoms with E-state index in [9.17, 15) is 4.79 Å². The van der Waals surface area contributed by atoms with Crippen LogP contribution in [-0.2, 0) is 4.79 Å². The molecule has 3 N–H and O–H groups in total. The highest BCUT2D eigenvalue weighted by Gasteiger charge is 2.35. The summed E-state index contributed by atoms with van der Waals surface area (Å²) in [5.41, 5.74) is 5.88. The summed E-state index contributed by atoms with van der Waals surface area (Å²) < 4.78 is 0. The zero-order valence-corrected chi connectivity index (χ0v) is 12.4. The molecule has 1 saturated carbocycles. The Morgan fingerprint density at radius 2 is 2.11 bits per heavy atom. The average Bonchev–Trinajstić information content (AvgIpc) is 3.06. The maximum absolute atomic E-state index is 11.9. The second kappa shape index (κ2) is 6.20. The molecule has 1 heterocycles. The molecular weight excluding hydrogens is 240 g/mol. The van der Waals surface area contributed by atoms with Gasteiger partial charge in [0.1, 0.15) is 0 Å². The predicted molar refractivity (Wildman–Crippen MR) is 76.8 cm³/mol. The Balaban J connectivity index is 1.85. The molecule has 2 rings (SSSR count). The maximum Gasteiger partial charge on any atom is 0.221 e. The fourth-order valence-electron chi connectivity index (χ4n) is 3.05. The number of nitrogens with two attached hydrogens (primary N) is 1. The molecule has 19 heavy (non-hydrogen) atoms. The van der Waals surface area contributed by atoms with E-state index in [1.807, 2.05) is 0 Å². The van der Waals surface area contributed by atoms with Crippen LogP contribution in [0.5, 0.6) is 0 Å². The topological polar surface area (TPSA) is 61.6 Å². The van der Waals surface area contributed by atoms with Gasteiger partial charge in [-0.25, -0.2) is 0 Å². The van der Waals surface area contributed by atoms with Gasteiger partial charge in [-0.15, -0.1) is 0 Å². The summed E-state index contributed by atoms with van der Waals surface area (Å²) in [4.78, 5) is 16.6. The van der Waals surface area contributed by atoms with Gasteiger partial charge in [0.25, 0.3) is 0 Å². The van der Waals surface area contributed by atoms with Crippen LogP contribution in [0.1, 0.15) is 26.2 Å². The molecule has 0 aromatic rings. The Bertz CT molecular complexity index is 317. The van der Waals surface area contributed by atoms with Crippen molar-refractivity contribution in [3.8, 4) is 0 Å². The van der Waals surface area contributed by atoms with E-state index in [2.05, 4.69) is 36.1 Å². The molecule has 0 aromatic carbocycles. The number of hydrogen-bond donors (Lipinski definition) is 2. The van der Waals surface area contributed by atoms with Gasteiger partial charge in [-0.2, -0.15) is 0 Å². The van der Waals surface area contributed by atoms with E-state index in [4.69, 9.17) is 5.73 Å². The van der Waals surface area contributed by atoms with E-state index >= 15 is 0 Å². The number of rotatable bonds is 6. The quantitative estimate of drug-likeness (QED) is 0.704. The van der Waals surface area contributed by atoms with Crippen molar-refractivity contribution in [3.05, 3.63) is 0 Å². The normalized spacial score (nSPS) is 29.7. The van der Waals surface area contributed by atoms with Crippen molar-refractivity contribution in [2.24, 2.45) is 11.7 Å². The average molecular weight is 268 g/mol. The molecule has 1 amide bonds. The van der Waals surface area contributed by atoms with Crippen LogP contribution in [0.15, 0.2) is 0 Å². The highest BCUT2D eigenvalue weighted by molar-refractivity contribution is 5.77. The second-order valence-electron chi connectivity index (χ2n) is 6.40. The molecule has 0 bridgehead atoms. The Hall–Kier alpha value is -0.650.